The third kappa shape index (κ3) is 4.19. The van der Waals surface area contributed by atoms with Crippen LogP contribution in [0.25, 0.3) is 0 Å². The lowest BCUT2D eigenvalue weighted by atomic mass is 9.83. The molecule has 33 heavy (non-hydrogen) atoms. The molecule has 1 amide bonds. The molecule has 2 aliphatic rings. The van der Waals surface area contributed by atoms with Gasteiger partial charge in [0, 0.05) is 68.8 Å². The summed E-state index contributed by atoms with van der Waals surface area (Å²) in [5.41, 5.74) is 2.80. The number of amides is 1. The number of anilines is 2. The monoisotopic (exact) mass is 445 g/mol. The van der Waals surface area contributed by atoms with Gasteiger partial charge in [-0.1, -0.05) is 0 Å². The second-order valence-electron chi connectivity index (χ2n) is 8.22. The van der Waals surface area contributed by atoms with Gasteiger partial charge in [0.1, 0.15) is 5.82 Å². The summed E-state index contributed by atoms with van der Waals surface area (Å²) in [6.07, 6.45) is 8.86. The third-order valence-corrected chi connectivity index (χ3v) is 6.33. The van der Waals surface area contributed by atoms with Crippen molar-refractivity contribution in [3.8, 4) is 0 Å². The zero-order valence-electron chi connectivity index (χ0n) is 17.9. The molecule has 2 atom stereocenters. The zero-order valence-corrected chi connectivity index (χ0v) is 17.9. The fourth-order valence-electron chi connectivity index (χ4n) is 4.71. The molecule has 5 rings (SSSR count). The molecule has 3 aromatic rings. The van der Waals surface area contributed by atoms with E-state index >= 15 is 0 Å². The number of hydrogen-bond donors (Lipinski definition) is 1. The van der Waals surface area contributed by atoms with Crippen LogP contribution in [-0.4, -0.2) is 51.5 Å². The normalized spacial score (nSPS) is 19.4. The minimum Gasteiger partial charge on any atom is -0.364 e. The SMILES string of the molecule is O=C(NCc1ccncc1)C1Cc2cc([N+](=O)[O-])ccc2N2CCN(c3cnccn3)CC12. The summed E-state index contributed by atoms with van der Waals surface area (Å²) >= 11 is 0. The molecule has 2 aromatic heterocycles. The second kappa shape index (κ2) is 8.81. The van der Waals surface area contributed by atoms with Crippen molar-refractivity contribution in [2.75, 3.05) is 29.4 Å². The number of aromatic nitrogens is 3. The van der Waals surface area contributed by atoms with E-state index in [1.807, 2.05) is 18.2 Å². The Morgan fingerprint density at radius 1 is 1.12 bits per heavy atom. The van der Waals surface area contributed by atoms with E-state index in [1.165, 1.54) is 6.07 Å². The summed E-state index contributed by atoms with van der Waals surface area (Å²) in [6.45, 7) is 2.42. The van der Waals surface area contributed by atoms with Gasteiger partial charge in [0.25, 0.3) is 5.69 Å². The predicted octanol–water partition coefficient (Wildman–Crippen LogP) is 1.96. The van der Waals surface area contributed by atoms with Gasteiger partial charge in [0.2, 0.25) is 5.91 Å². The standard InChI is InChI=1S/C23H23N7O3/c31-23(27-13-16-3-5-24-6-4-16)19-12-17-11-18(30(32)33)1-2-20(17)29-10-9-28(15-21(19)29)22-14-25-7-8-26-22/h1-8,11,14,19,21H,9-10,12-13,15H2,(H,27,31). The Morgan fingerprint density at radius 2 is 1.97 bits per heavy atom. The first-order valence-electron chi connectivity index (χ1n) is 10.8. The van der Waals surface area contributed by atoms with Crippen LogP contribution in [0.4, 0.5) is 17.2 Å². The van der Waals surface area contributed by atoms with Gasteiger partial charge in [0.15, 0.2) is 0 Å². The van der Waals surface area contributed by atoms with Crippen LogP contribution in [0, 0.1) is 16.0 Å². The van der Waals surface area contributed by atoms with E-state index in [0.717, 1.165) is 29.2 Å². The number of piperazine rings is 1. The highest BCUT2D eigenvalue weighted by molar-refractivity contribution is 5.82. The smallest absolute Gasteiger partial charge is 0.269 e. The summed E-state index contributed by atoms with van der Waals surface area (Å²) in [7, 11) is 0. The van der Waals surface area contributed by atoms with Crippen LogP contribution in [0.1, 0.15) is 11.1 Å². The summed E-state index contributed by atoms with van der Waals surface area (Å²) in [6, 6.07) is 8.58. The number of non-ortho nitro benzene ring substituents is 1. The van der Waals surface area contributed by atoms with Crippen LogP contribution in [-0.2, 0) is 17.8 Å². The molecule has 1 aromatic carbocycles. The molecule has 1 fully saturated rings. The average Bonchev–Trinajstić information content (AvgIpc) is 2.87. The van der Waals surface area contributed by atoms with Gasteiger partial charge >= 0.3 is 0 Å². The van der Waals surface area contributed by atoms with E-state index in [2.05, 4.69) is 30.1 Å². The maximum absolute atomic E-state index is 13.4. The van der Waals surface area contributed by atoms with Crippen molar-refractivity contribution in [1.29, 1.82) is 0 Å². The highest BCUT2D eigenvalue weighted by atomic mass is 16.6. The fraction of sp³-hybridized carbons (Fsp3) is 0.304. The number of pyridine rings is 1. The molecule has 10 heteroatoms. The number of fused-ring (bicyclic) bond motifs is 3. The Kier molecular flexibility index (Phi) is 5.55. The number of benzene rings is 1. The number of carbonyl (C=O) groups excluding carboxylic acids is 1. The van der Waals surface area contributed by atoms with Crippen LogP contribution in [0.2, 0.25) is 0 Å². The van der Waals surface area contributed by atoms with E-state index in [4.69, 9.17) is 0 Å². The van der Waals surface area contributed by atoms with Gasteiger partial charge in [0.05, 0.1) is 23.1 Å². The molecular weight excluding hydrogens is 422 g/mol. The Bertz CT molecular complexity index is 1160. The average molecular weight is 445 g/mol. The molecule has 0 bridgehead atoms. The maximum Gasteiger partial charge on any atom is 0.269 e. The van der Waals surface area contributed by atoms with Gasteiger partial charge in [-0.2, -0.15) is 0 Å². The second-order valence-corrected chi connectivity index (χ2v) is 8.22. The Morgan fingerprint density at radius 3 is 2.73 bits per heavy atom. The number of nitro benzene ring substituents is 1. The van der Waals surface area contributed by atoms with Gasteiger partial charge < -0.3 is 15.1 Å². The summed E-state index contributed by atoms with van der Waals surface area (Å²) < 4.78 is 0. The molecule has 168 valence electrons. The van der Waals surface area contributed by atoms with Crippen molar-refractivity contribution >= 4 is 23.1 Å². The summed E-state index contributed by atoms with van der Waals surface area (Å²) in [5, 5.41) is 14.4. The fourth-order valence-corrected chi connectivity index (χ4v) is 4.71. The van der Waals surface area contributed by atoms with Gasteiger partial charge in [-0.15, -0.1) is 0 Å². The Balaban J connectivity index is 1.43. The van der Waals surface area contributed by atoms with Crippen molar-refractivity contribution in [3.05, 3.63) is 82.6 Å². The van der Waals surface area contributed by atoms with E-state index in [9.17, 15) is 14.9 Å². The highest BCUT2D eigenvalue weighted by Gasteiger charge is 2.42. The topological polar surface area (TPSA) is 117 Å². The first-order valence-corrected chi connectivity index (χ1v) is 10.8. The molecule has 10 nitrogen and oxygen atoms in total. The number of rotatable bonds is 5. The van der Waals surface area contributed by atoms with Gasteiger partial charge in [-0.25, -0.2) is 4.98 Å². The molecule has 1 saturated heterocycles. The molecule has 0 radical (unpaired) electrons. The molecular formula is C23H23N7O3. The van der Waals surface area contributed by atoms with Crippen molar-refractivity contribution in [2.45, 2.75) is 19.0 Å². The lowest BCUT2D eigenvalue weighted by Crippen LogP contribution is -2.61. The highest BCUT2D eigenvalue weighted by Crippen LogP contribution is 2.38. The summed E-state index contributed by atoms with van der Waals surface area (Å²) in [4.78, 5) is 41.3. The molecule has 0 spiro atoms. The predicted molar refractivity (Wildman–Crippen MR) is 122 cm³/mol. The number of hydrogen-bond acceptors (Lipinski definition) is 8. The van der Waals surface area contributed by atoms with Crippen LogP contribution in [0.15, 0.2) is 61.3 Å². The maximum atomic E-state index is 13.4. The van der Waals surface area contributed by atoms with Crippen molar-refractivity contribution in [3.63, 3.8) is 0 Å². The molecule has 2 unspecified atom stereocenters. The van der Waals surface area contributed by atoms with Crippen LogP contribution in [0.5, 0.6) is 0 Å². The third-order valence-electron chi connectivity index (χ3n) is 6.33. The number of nitro groups is 1. The Hall–Kier alpha value is -4.08. The first kappa shape index (κ1) is 20.8. The van der Waals surface area contributed by atoms with E-state index in [1.54, 1.807) is 37.1 Å². The number of nitrogens with one attached hydrogen (secondary N) is 1. The summed E-state index contributed by atoms with van der Waals surface area (Å²) in [5.74, 6) is 0.350. The first-order chi connectivity index (χ1) is 16.1. The largest absolute Gasteiger partial charge is 0.364 e. The number of nitrogens with zero attached hydrogens (tertiary/aromatic N) is 6. The van der Waals surface area contributed by atoms with Crippen LogP contribution in [0.3, 0.4) is 0 Å². The van der Waals surface area contributed by atoms with E-state index in [-0.39, 0.29) is 23.6 Å². The molecule has 1 N–H and O–H groups in total. The van der Waals surface area contributed by atoms with Crippen molar-refractivity contribution in [2.24, 2.45) is 5.92 Å². The van der Waals surface area contributed by atoms with Crippen molar-refractivity contribution in [1.82, 2.24) is 20.3 Å². The lowest BCUT2D eigenvalue weighted by Gasteiger charge is -2.49. The molecule has 0 aliphatic carbocycles. The van der Waals surface area contributed by atoms with Gasteiger partial charge in [-0.05, 0) is 35.7 Å². The molecule has 4 heterocycles. The minimum absolute atomic E-state index is 0.0429. The molecule has 2 aliphatic heterocycles. The quantitative estimate of drug-likeness (QED) is 0.468. The van der Waals surface area contributed by atoms with E-state index < -0.39 is 4.92 Å². The molecule has 0 saturated carbocycles. The van der Waals surface area contributed by atoms with Crippen LogP contribution >= 0.6 is 0 Å². The Labute approximate surface area is 190 Å². The van der Waals surface area contributed by atoms with Gasteiger partial charge in [-0.3, -0.25) is 24.9 Å². The lowest BCUT2D eigenvalue weighted by molar-refractivity contribution is -0.384. The number of carbonyl (C=O) groups is 1. The minimum atomic E-state index is -0.392. The van der Waals surface area contributed by atoms with Crippen molar-refractivity contribution < 1.29 is 9.72 Å². The van der Waals surface area contributed by atoms with E-state index in [0.29, 0.717) is 26.1 Å². The zero-order chi connectivity index (χ0) is 22.8. The van der Waals surface area contributed by atoms with Crippen LogP contribution < -0.4 is 15.1 Å².